The molecular weight excluding hydrogens is 623 g/mol. The van der Waals surface area contributed by atoms with Crippen molar-refractivity contribution >= 4 is 27.5 Å². The number of rotatable bonds is 7. The molecule has 2 aromatic heterocycles. The summed E-state index contributed by atoms with van der Waals surface area (Å²) < 4.78 is 80.3. The number of phenols is 1. The maximum Gasteiger partial charge on any atom is 0.522 e. The summed E-state index contributed by atoms with van der Waals surface area (Å²) in [5.74, 6) is 0.777. The molecule has 1 unspecified atom stereocenters. The Hall–Kier alpha value is -4.32. The van der Waals surface area contributed by atoms with Crippen LogP contribution < -0.4 is 15.0 Å². The zero-order valence-corrected chi connectivity index (χ0v) is 25.2. The van der Waals surface area contributed by atoms with Crippen molar-refractivity contribution in [3.63, 3.8) is 0 Å². The van der Waals surface area contributed by atoms with Crippen LogP contribution in [0.5, 0.6) is 11.8 Å². The van der Waals surface area contributed by atoms with E-state index in [0.29, 0.717) is 25.1 Å². The number of pyridine rings is 1. The van der Waals surface area contributed by atoms with Gasteiger partial charge < -0.3 is 20.1 Å². The van der Waals surface area contributed by atoms with Gasteiger partial charge in [0.25, 0.3) is 0 Å². The summed E-state index contributed by atoms with van der Waals surface area (Å²) in [6, 6.07) is 4.46. The van der Waals surface area contributed by atoms with Crippen molar-refractivity contribution in [3.05, 3.63) is 47.7 Å². The lowest BCUT2D eigenvalue weighted by Gasteiger charge is -2.35. The highest BCUT2D eigenvalue weighted by Gasteiger charge is 2.45. The van der Waals surface area contributed by atoms with Gasteiger partial charge in [-0.25, -0.2) is 8.78 Å². The fraction of sp³-hybridized carbons (Fsp3) is 0.424. The number of piperazine rings is 1. The Balaban J connectivity index is 1.34. The molecule has 2 N–H and O–H groups in total. The van der Waals surface area contributed by atoms with E-state index in [9.17, 15) is 22.7 Å². The highest BCUT2D eigenvalue weighted by molar-refractivity contribution is 6.03. The lowest BCUT2D eigenvalue weighted by atomic mass is 9.95. The molecule has 0 radical (unpaired) electrons. The number of nitrogens with one attached hydrogen (secondary N) is 1. The Morgan fingerprint density at radius 1 is 1.11 bits per heavy atom. The molecule has 0 bridgehead atoms. The van der Waals surface area contributed by atoms with Gasteiger partial charge in [0, 0.05) is 42.8 Å². The minimum absolute atomic E-state index is 0.0625. The summed E-state index contributed by atoms with van der Waals surface area (Å²) in [5, 5.41) is 14.3. The first-order chi connectivity index (χ1) is 22.5. The van der Waals surface area contributed by atoms with Crippen LogP contribution in [0.4, 0.5) is 27.8 Å². The molecule has 9 nitrogen and oxygen atoms in total. The van der Waals surface area contributed by atoms with Gasteiger partial charge in [-0.05, 0) is 62.4 Å². The van der Waals surface area contributed by atoms with Crippen LogP contribution in [0.2, 0.25) is 0 Å². The summed E-state index contributed by atoms with van der Waals surface area (Å²) in [7, 11) is 0. The van der Waals surface area contributed by atoms with Crippen LogP contribution in [0.15, 0.2) is 30.5 Å². The Bertz CT molecular complexity index is 1890. The molecule has 3 aliphatic heterocycles. The third-order valence-electron chi connectivity index (χ3n) is 9.38. The number of hydrogen-bond acceptors (Lipinski definition) is 9. The number of benzene rings is 2. The maximum atomic E-state index is 16.7. The minimum atomic E-state index is -4.79. The Labute approximate surface area is 266 Å². The number of ether oxygens (including phenoxy) is 2. The van der Waals surface area contributed by atoms with Crippen molar-refractivity contribution in [2.45, 2.75) is 43.6 Å². The average molecular weight is 655 g/mol. The van der Waals surface area contributed by atoms with Crippen LogP contribution in [-0.2, 0) is 4.74 Å². The standard InChI is InChI=1S/C33H31F5N6O3/c1-2-22-25(34)6-5-19-13-21(45)14-23(26(19)22)28-27(35)29-24(15-40-28)30(43-12-9-39-20(16-43)17-47-33(36,37)38)42-31(41-29)46-18-32-7-3-10-44(32)11-4-8-32/h1,5-6,13-15,20,39,45H,3-4,7-12,16-18H2. The quantitative estimate of drug-likeness (QED) is 0.208. The van der Waals surface area contributed by atoms with Crippen LogP contribution in [0.25, 0.3) is 32.9 Å². The molecule has 47 heavy (non-hydrogen) atoms. The largest absolute Gasteiger partial charge is 0.522 e. The summed E-state index contributed by atoms with van der Waals surface area (Å²) in [6.45, 7) is 2.34. The SMILES string of the molecule is C#Cc1c(F)ccc2cc(O)cc(-c3ncc4c(N5CCNC(COC(F)(F)F)C5)nc(OCC56CCCN5CCC6)nc4c3F)c12. The molecule has 246 valence electrons. The van der Waals surface area contributed by atoms with Crippen LogP contribution in [0.1, 0.15) is 31.2 Å². The molecule has 2 aromatic carbocycles. The first kappa shape index (κ1) is 31.3. The van der Waals surface area contributed by atoms with E-state index in [1.807, 2.05) is 0 Å². The van der Waals surface area contributed by atoms with E-state index in [-0.39, 0.29) is 62.8 Å². The van der Waals surface area contributed by atoms with Crippen molar-refractivity contribution in [2.75, 3.05) is 50.8 Å². The second-order valence-corrected chi connectivity index (χ2v) is 12.2. The molecule has 3 saturated heterocycles. The molecule has 0 saturated carbocycles. The predicted octanol–water partition coefficient (Wildman–Crippen LogP) is 5.13. The minimum Gasteiger partial charge on any atom is -0.508 e. The highest BCUT2D eigenvalue weighted by Crippen LogP contribution is 2.41. The Morgan fingerprint density at radius 3 is 2.64 bits per heavy atom. The highest BCUT2D eigenvalue weighted by atomic mass is 19.4. The zero-order valence-electron chi connectivity index (χ0n) is 25.2. The first-order valence-corrected chi connectivity index (χ1v) is 15.4. The molecule has 14 heteroatoms. The number of aromatic hydroxyl groups is 1. The number of halogens is 5. The van der Waals surface area contributed by atoms with Gasteiger partial charge >= 0.3 is 12.4 Å². The number of phenolic OH excluding ortho intramolecular Hbond substituents is 1. The lowest BCUT2D eigenvalue weighted by Crippen LogP contribution is -2.53. The second-order valence-electron chi connectivity index (χ2n) is 12.2. The maximum absolute atomic E-state index is 16.7. The number of alkyl halides is 3. The summed E-state index contributed by atoms with van der Waals surface area (Å²) >= 11 is 0. The molecule has 1 atom stereocenters. The van der Waals surface area contributed by atoms with E-state index in [0.717, 1.165) is 38.8 Å². The molecule has 7 rings (SSSR count). The molecule has 0 amide bonds. The first-order valence-electron chi connectivity index (χ1n) is 15.4. The van der Waals surface area contributed by atoms with E-state index in [1.165, 1.54) is 30.5 Å². The monoisotopic (exact) mass is 654 g/mol. The smallest absolute Gasteiger partial charge is 0.508 e. The van der Waals surface area contributed by atoms with Gasteiger partial charge in [-0.15, -0.1) is 19.6 Å². The zero-order chi connectivity index (χ0) is 32.9. The van der Waals surface area contributed by atoms with Crippen molar-refractivity contribution in [1.82, 2.24) is 25.2 Å². The van der Waals surface area contributed by atoms with E-state index in [1.54, 1.807) is 4.90 Å². The van der Waals surface area contributed by atoms with Gasteiger partial charge in [-0.3, -0.25) is 14.6 Å². The third kappa shape index (κ3) is 5.88. The number of terminal acetylenes is 1. The van der Waals surface area contributed by atoms with Gasteiger partial charge in [-0.2, -0.15) is 9.97 Å². The molecular formula is C33H31F5N6O3. The number of hydrogen-bond donors (Lipinski definition) is 2. The average Bonchev–Trinajstić information content (AvgIpc) is 3.63. The molecule has 5 heterocycles. The van der Waals surface area contributed by atoms with E-state index >= 15 is 4.39 Å². The van der Waals surface area contributed by atoms with Gasteiger partial charge in [-0.1, -0.05) is 12.0 Å². The number of aromatic nitrogens is 3. The normalized spacial score (nSPS) is 19.7. The molecule has 4 aromatic rings. The van der Waals surface area contributed by atoms with E-state index in [2.05, 4.69) is 35.8 Å². The van der Waals surface area contributed by atoms with Crippen LogP contribution in [0, 0.1) is 24.0 Å². The Kier molecular flexibility index (Phi) is 8.02. The van der Waals surface area contributed by atoms with Crippen molar-refractivity contribution in [3.8, 4) is 35.4 Å². The van der Waals surface area contributed by atoms with E-state index < -0.39 is 30.6 Å². The van der Waals surface area contributed by atoms with Gasteiger partial charge in [0.15, 0.2) is 5.82 Å². The van der Waals surface area contributed by atoms with Crippen molar-refractivity contribution in [1.29, 1.82) is 0 Å². The number of anilines is 1. The summed E-state index contributed by atoms with van der Waals surface area (Å²) in [5.41, 5.74) is -0.599. The predicted molar refractivity (Wildman–Crippen MR) is 164 cm³/mol. The summed E-state index contributed by atoms with van der Waals surface area (Å²) in [4.78, 5) is 17.6. The summed E-state index contributed by atoms with van der Waals surface area (Å²) in [6.07, 6.45) is 6.19. The van der Waals surface area contributed by atoms with Gasteiger partial charge in [0.05, 0.1) is 23.1 Å². The topological polar surface area (TPSA) is 95.9 Å². The second kappa shape index (κ2) is 12.0. The van der Waals surface area contributed by atoms with Crippen LogP contribution in [-0.4, -0.2) is 88.8 Å². The van der Waals surface area contributed by atoms with Gasteiger partial charge in [0.2, 0.25) is 0 Å². The van der Waals surface area contributed by atoms with Crippen molar-refractivity contribution < 1.29 is 36.5 Å². The fourth-order valence-corrected chi connectivity index (χ4v) is 7.25. The molecule has 0 aliphatic carbocycles. The van der Waals surface area contributed by atoms with Crippen LogP contribution in [0.3, 0.4) is 0 Å². The lowest BCUT2D eigenvalue weighted by molar-refractivity contribution is -0.326. The van der Waals surface area contributed by atoms with Crippen molar-refractivity contribution in [2.24, 2.45) is 0 Å². The van der Waals surface area contributed by atoms with Gasteiger partial charge in [0.1, 0.15) is 35.2 Å². The van der Waals surface area contributed by atoms with E-state index in [4.69, 9.17) is 11.2 Å². The van der Waals surface area contributed by atoms with Crippen LogP contribution >= 0.6 is 0 Å². The molecule has 3 fully saturated rings. The molecule has 0 spiro atoms. The fourth-order valence-electron chi connectivity index (χ4n) is 7.25. The molecule has 3 aliphatic rings. The number of nitrogens with zero attached hydrogens (tertiary/aromatic N) is 5. The third-order valence-corrected chi connectivity index (χ3v) is 9.38. The number of fused-ring (bicyclic) bond motifs is 3. The Morgan fingerprint density at radius 2 is 1.89 bits per heavy atom.